The minimum atomic E-state index is 0.0358. The second kappa shape index (κ2) is 3.90. The van der Waals surface area contributed by atoms with Gasteiger partial charge in [-0.15, -0.1) is 0 Å². The molecule has 0 radical (unpaired) electrons. The maximum absolute atomic E-state index is 10.6. The molecule has 12 heavy (non-hydrogen) atoms. The van der Waals surface area contributed by atoms with Gasteiger partial charge in [-0.1, -0.05) is 18.2 Å². The number of ketones is 1. The van der Waals surface area contributed by atoms with Crippen molar-refractivity contribution in [2.75, 3.05) is 6.61 Å². The average molecular weight is 164 g/mol. The summed E-state index contributed by atoms with van der Waals surface area (Å²) >= 11 is 0. The van der Waals surface area contributed by atoms with Crippen molar-refractivity contribution in [3.63, 3.8) is 0 Å². The summed E-state index contributed by atoms with van der Waals surface area (Å²) in [5.41, 5.74) is 1.06. The van der Waals surface area contributed by atoms with E-state index in [1.807, 2.05) is 18.2 Å². The average Bonchev–Trinajstić information content (AvgIpc) is 2.03. The molecule has 0 aromatic carbocycles. The summed E-state index contributed by atoms with van der Waals surface area (Å²) in [7, 11) is 0. The van der Waals surface area contributed by atoms with E-state index in [0.29, 0.717) is 0 Å². The fourth-order valence-electron chi connectivity index (χ4n) is 0.860. The van der Waals surface area contributed by atoms with E-state index in [2.05, 4.69) is 6.58 Å². The molecular weight excluding hydrogens is 152 g/mol. The Kier molecular flexibility index (Phi) is 2.86. The predicted octanol–water partition coefficient (Wildman–Crippen LogP) is 1.99. The molecule has 2 heteroatoms. The van der Waals surface area contributed by atoms with Crippen LogP contribution in [0.15, 0.2) is 36.1 Å². The Balaban J connectivity index is 2.40. The van der Waals surface area contributed by atoms with Crippen molar-refractivity contribution in [3.05, 3.63) is 36.1 Å². The number of carbonyl (C=O) groups excluding carboxylic acids is 1. The first kappa shape index (κ1) is 8.78. The number of hydrogen-bond acceptors (Lipinski definition) is 2. The van der Waals surface area contributed by atoms with E-state index in [1.165, 1.54) is 6.92 Å². The van der Waals surface area contributed by atoms with Crippen LogP contribution < -0.4 is 0 Å². The molecule has 0 aliphatic heterocycles. The zero-order chi connectivity index (χ0) is 8.97. The third-order valence-electron chi connectivity index (χ3n) is 1.49. The molecule has 0 aromatic heterocycles. The number of hydrogen-bond donors (Lipinski definition) is 0. The molecule has 0 fully saturated rings. The van der Waals surface area contributed by atoms with Gasteiger partial charge in [0, 0.05) is 0 Å². The molecule has 1 aliphatic carbocycles. The highest BCUT2D eigenvalue weighted by molar-refractivity contribution is 5.76. The highest BCUT2D eigenvalue weighted by atomic mass is 16.5. The van der Waals surface area contributed by atoms with Crippen LogP contribution in [-0.4, -0.2) is 12.4 Å². The van der Waals surface area contributed by atoms with Gasteiger partial charge < -0.3 is 4.74 Å². The second-order valence-corrected chi connectivity index (χ2v) is 2.79. The number of carbonyl (C=O) groups is 1. The fraction of sp³-hybridized carbons (Fsp3) is 0.300. The summed E-state index contributed by atoms with van der Waals surface area (Å²) in [5, 5.41) is 0. The maximum Gasteiger partial charge on any atom is 0.167 e. The van der Waals surface area contributed by atoms with Crippen molar-refractivity contribution < 1.29 is 9.53 Å². The first-order valence-electron chi connectivity index (χ1n) is 3.87. The Morgan fingerprint density at radius 1 is 1.67 bits per heavy atom. The molecule has 1 aliphatic rings. The Hall–Kier alpha value is -1.31. The van der Waals surface area contributed by atoms with E-state index in [1.54, 1.807) is 0 Å². The van der Waals surface area contributed by atoms with Crippen LogP contribution in [-0.2, 0) is 9.53 Å². The molecule has 0 N–H and O–H groups in total. The van der Waals surface area contributed by atoms with Crippen molar-refractivity contribution in [2.24, 2.45) is 0 Å². The topological polar surface area (TPSA) is 26.3 Å². The molecule has 64 valence electrons. The number of Topliss-reactive ketones (excluding diaryl/α,β-unsaturated/α-hetero) is 1. The molecule has 0 unspecified atom stereocenters. The normalized spacial score (nSPS) is 15.8. The molecule has 1 rings (SSSR count). The Bertz CT molecular complexity index is 259. The Morgan fingerprint density at radius 3 is 2.92 bits per heavy atom. The van der Waals surface area contributed by atoms with Crippen molar-refractivity contribution in [2.45, 2.75) is 13.3 Å². The van der Waals surface area contributed by atoms with Crippen LogP contribution in [0.25, 0.3) is 0 Å². The van der Waals surface area contributed by atoms with Crippen LogP contribution in [0.5, 0.6) is 0 Å². The maximum atomic E-state index is 10.6. The standard InChI is InChI=1S/C10H12O2/c1-8-3-5-10(6-4-8)12-7-9(2)11/h3,5-6H,1,4,7H2,2H3. The first-order chi connectivity index (χ1) is 5.68. The highest BCUT2D eigenvalue weighted by Gasteiger charge is 2.01. The zero-order valence-corrected chi connectivity index (χ0v) is 7.17. The van der Waals surface area contributed by atoms with Gasteiger partial charge in [-0.25, -0.2) is 0 Å². The lowest BCUT2D eigenvalue weighted by molar-refractivity contribution is -0.120. The molecule has 0 bridgehead atoms. The summed E-state index contributed by atoms with van der Waals surface area (Å²) in [6, 6.07) is 0. The van der Waals surface area contributed by atoms with Crippen molar-refractivity contribution in [3.8, 4) is 0 Å². The Morgan fingerprint density at radius 2 is 2.42 bits per heavy atom. The molecule has 0 spiro atoms. The summed E-state index contributed by atoms with van der Waals surface area (Å²) in [5.74, 6) is 0.798. The molecule has 0 saturated heterocycles. The van der Waals surface area contributed by atoms with Gasteiger partial charge in [0.15, 0.2) is 5.78 Å². The number of allylic oxidation sites excluding steroid dienone is 4. The molecular formula is C10H12O2. The minimum absolute atomic E-state index is 0.0358. The van der Waals surface area contributed by atoms with Crippen LogP contribution in [0.1, 0.15) is 13.3 Å². The van der Waals surface area contributed by atoms with Crippen LogP contribution in [0, 0.1) is 0 Å². The highest BCUT2D eigenvalue weighted by Crippen LogP contribution is 2.14. The quantitative estimate of drug-likeness (QED) is 0.637. The SMILES string of the molecule is C=C1C=CC(OCC(C)=O)=CC1. The van der Waals surface area contributed by atoms with Gasteiger partial charge in [0.05, 0.1) is 0 Å². The summed E-state index contributed by atoms with van der Waals surface area (Å²) in [6.45, 7) is 5.45. The lowest BCUT2D eigenvalue weighted by Gasteiger charge is -2.08. The van der Waals surface area contributed by atoms with Gasteiger partial charge in [-0.2, -0.15) is 0 Å². The van der Waals surface area contributed by atoms with Crippen molar-refractivity contribution >= 4 is 5.78 Å². The number of ether oxygens (including phenoxy) is 1. The summed E-state index contributed by atoms with van der Waals surface area (Å²) < 4.78 is 5.18. The monoisotopic (exact) mass is 164 g/mol. The second-order valence-electron chi connectivity index (χ2n) is 2.79. The first-order valence-corrected chi connectivity index (χ1v) is 3.87. The Labute approximate surface area is 72.2 Å². The van der Waals surface area contributed by atoms with Gasteiger partial charge in [0.25, 0.3) is 0 Å². The smallest absolute Gasteiger partial charge is 0.167 e. The lowest BCUT2D eigenvalue weighted by atomic mass is 10.1. The molecule has 0 atom stereocenters. The van der Waals surface area contributed by atoms with Crippen LogP contribution in [0.4, 0.5) is 0 Å². The van der Waals surface area contributed by atoms with E-state index >= 15 is 0 Å². The zero-order valence-electron chi connectivity index (χ0n) is 7.17. The molecule has 0 amide bonds. The van der Waals surface area contributed by atoms with Gasteiger partial charge in [-0.05, 0) is 25.5 Å². The van der Waals surface area contributed by atoms with Gasteiger partial charge in [-0.3, -0.25) is 4.79 Å². The lowest BCUT2D eigenvalue weighted by Crippen LogP contribution is -2.03. The van der Waals surface area contributed by atoms with E-state index in [9.17, 15) is 4.79 Å². The van der Waals surface area contributed by atoms with Crippen molar-refractivity contribution in [1.29, 1.82) is 0 Å². The van der Waals surface area contributed by atoms with Crippen LogP contribution >= 0.6 is 0 Å². The van der Waals surface area contributed by atoms with Crippen LogP contribution in [0.2, 0.25) is 0 Å². The minimum Gasteiger partial charge on any atom is -0.486 e. The van der Waals surface area contributed by atoms with Gasteiger partial charge in [0.1, 0.15) is 12.4 Å². The van der Waals surface area contributed by atoms with Gasteiger partial charge in [0.2, 0.25) is 0 Å². The van der Waals surface area contributed by atoms with E-state index in [-0.39, 0.29) is 12.4 Å². The van der Waals surface area contributed by atoms with E-state index < -0.39 is 0 Å². The third-order valence-corrected chi connectivity index (χ3v) is 1.49. The fourth-order valence-corrected chi connectivity index (χ4v) is 0.860. The molecule has 0 aromatic rings. The summed E-state index contributed by atoms with van der Waals surface area (Å²) in [4.78, 5) is 10.6. The largest absolute Gasteiger partial charge is 0.486 e. The molecule has 0 saturated carbocycles. The predicted molar refractivity (Wildman–Crippen MR) is 47.6 cm³/mol. The van der Waals surface area contributed by atoms with Crippen LogP contribution in [0.3, 0.4) is 0 Å². The third kappa shape index (κ3) is 2.74. The van der Waals surface area contributed by atoms with Gasteiger partial charge >= 0.3 is 0 Å². The van der Waals surface area contributed by atoms with E-state index in [0.717, 1.165) is 17.8 Å². The molecule has 0 heterocycles. The molecule has 2 nitrogen and oxygen atoms in total. The van der Waals surface area contributed by atoms with E-state index in [4.69, 9.17) is 4.74 Å². The van der Waals surface area contributed by atoms with Crippen molar-refractivity contribution in [1.82, 2.24) is 0 Å². The number of rotatable bonds is 3. The summed E-state index contributed by atoms with van der Waals surface area (Å²) in [6.07, 6.45) is 6.46.